The maximum atomic E-state index is 12.9. The summed E-state index contributed by atoms with van der Waals surface area (Å²) in [5.41, 5.74) is 3.70. The minimum Gasteiger partial charge on any atom is -0.481 e. The highest BCUT2D eigenvalue weighted by Crippen LogP contribution is 2.23. The first-order valence-corrected chi connectivity index (χ1v) is 11.7. The molecule has 0 fully saturated rings. The topological polar surface area (TPSA) is 67.4 Å². The average Bonchev–Trinajstić information content (AvgIpc) is 2.88. The van der Waals surface area contributed by atoms with Gasteiger partial charge >= 0.3 is 0 Å². The van der Waals surface area contributed by atoms with Crippen LogP contribution in [-0.2, 0) is 4.79 Å². The molecule has 1 unspecified atom stereocenters. The summed E-state index contributed by atoms with van der Waals surface area (Å²) in [5.74, 6) is 0.0264. The van der Waals surface area contributed by atoms with E-state index in [9.17, 15) is 9.59 Å². The molecule has 0 radical (unpaired) electrons. The van der Waals surface area contributed by atoms with Crippen LogP contribution in [0.4, 0.5) is 11.4 Å². The molecule has 4 aromatic rings. The number of hydrogen-bond donors (Lipinski definition) is 2. The second-order valence-electron chi connectivity index (χ2n) is 7.94. The number of ether oxygens (including phenoxy) is 1. The molecule has 35 heavy (non-hydrogen) atoms. The highest BCUT2D eigenvalue weighted by Gasteiger charge is 2.19. The summed E-state index contributed by atoms with van der Waals surface area (Å²) in [6, 6.07) is 31.4. The summed E-state index contributed by atoms with van der Waals surface area (Å²) in [5, 5.41) is 6.19. The highest BCUT2D eigenvalue weighted by molar-refractivity contribution is 6.31. The van der Waals surface area contributed by atoms with Gasteiger partial charge in [-0.25, -0.2) is 0 Å². The summed E-state index contributed by atoms with van der Waals surface area (Å²) in [6.07, 6.45) is -0.192. The maximum Gasteiger partial charge on any atom is 0.265 e. The number of anilines is 2. The van der Waals surface area contributed by atoms with Crippen LogP contribution >= 0.6 is 11.6 Å². The van der Waals surface area contributed by atoms with Crippen LogP contribution in [0, 0.1) is 0 Å². The molecule has 0 spiro atoms. The zero-order valence-corrected chi connectivity index (χ0v) is 20.0. The molecule has 0 saturated carbocycles. The third-order valence-corrected chi connectivity index (χ3v) is 5.61. The van der Waals surface area contributed by atoms with Crippen LogP contribution in [0.2, 0.25) is 5.02 Å². The van der Waals surface area contributed by atoms with Gasteiger partial charge in [0.05, 0.1) is 0 Å². The molecule has 0 aliphatic carbocycles. The van der Waals surface area contributed by atoms with Crippen LogP contribution in [-0.4, -0.2) is 17.9 Å². The summed E-state index contributed by atoms with van der Waals surface area (Å²) < 4.78 is 5.95. The zero-order chi connectivity index (χ0) is 24.6. The molecule has 0 bridgehead atoms. The Kier molecular flexibility index (Phi) is 7.81. The molecule has 5 nitrogen and oxygen atoms in total. The molecule has 0 aromatic heterocycles. The van der Waals surface area contributed by atoms with E-state index in [4.69, 9.17) is 16.3 Å². The molecule has 0 heterocycles. The van der Waals surface area contributed by atoms with Crippen molar-refractivity contribution in [2.75, 3.05) is 10.6 Å². The Balaban J connectivity index is 1.39. The van der Waals surface area contributed by atoms with Crippen LogP contribution < -0.4 is 15.4 Å². The van der Waals surface area contributed by atoms with E-state index in [1.54, 1.807) is 48.5 Å². The van der Waals surface area contributed by atoms with E-state index in [1.807, 2.05) is 61.5 Å². The first-order chi connectivity index (χ1) is 17.0. The molecule has 0 aliphatic rings. The molecular formula is C29H25ClN2O3. The largest absolute Gasteiger partial charge is 0.481 e. The molecule has 0 aliphatic heterocycles. The molecular weight excluding hydrogens is 460 g/mol. The quantitative estimate of drug-likeness (QED) is 0.281. The molecule has 176 valence electrons. The van der Waals surface area contributed by atoms with Crippen LogP contribution in [0.5, 0.6) is 5.75 Å². The smallest absolute Gasteiger partial charge is 0.265 e. The van der Waals surface area contributed by atoms with E-state index in [1.165, 1.54) is 0 Å². The summed E-state index contributed by atoms with van der Waals surface area (Å²) >= 11 is 5.98. The lowest BCUT2D eigenvalue weighted by molar-refractivity contribution is -0.122. The van der Waals surface area contributed by atoms with Gasteiger partial charge in [0.2, 0.25) is 0 Å². The third kappa shape index (κ3) is 6.49. The number of rotatable bonds is 8. The average molecular weight is 485 g/mol. The molecule has 4 rings (SSSR count). The lowest BCUT2D eigenvalue weighted by Gasteiger charge is -2.18. The number of nitrogens with one attached hydrogen (secondary N) is 2. The first-order valence-electron chi connectivity index (χ1n) is 11.3. The Bertz CT molecular complexity index is 1310. The third-order valence-electron chi connectivity index (χ3n) is 5.38. The van der Waals surface area contributed by atoms with Gasteiger partial charge in [0.25, 0.3) is 11.8 Å². The molecule has 2 N–H and O–H groups in total. The molecule has 0 saturated heterocycles. The van der Waals surface area contributed by atoms with Crippen LogP contribution in [0.15, 0.2) is 103 Å². The van der Waals surface area contributed by atoms with Crippen LogP contribution in [0.25, 0.3) is 11.1 Å². The lowest BCUT2D eigenvalue weighted by Crippen LogP contribution is -2.32. The number of carbonyl (C=O) groups excluding carboxylic acids is 2. The summed E-state index contributed by atoms with van der Waals surface area (Å²) in [4.78, 5) is 25.5. The fourth-order valence-electron chi connectivity index (χ4n) is 3.57. The van der Waals surface area contributed by atoms with E-state index in [-0.39, 0.29) is 11.8 Å². The van der Waals surface area contributed by atoms with Crippen molar-refractivity contribution in [3.8, 4) is 16.9 Å². The normalized spacial score (nSPS) is 11.4. The summed E-state index contributed by atoms with van der Waals surface area (Å²) in [7, 11) is 0. The second kappa shape index (κ2) is 11.4. The SMILES string of the molecule is CCC(Oc1ccc(-c2ccccc2)cc1)C(=O)Nc1cccc(C(=O)Nc2cccc(Cl)c2)c1. The number of benzene rings is 4. The van der Waals surface area contributed by atoms with E-state index in [0.717, 1.165) is 11.1 Å². The summed E-state index contributed by atoms with van der Waals surface area (Å²) in [6.45, 7) is 1.89. The van der Waals surface area contributed by atoms with Crippen molar-refractivity contribution in [3.63, 3.8) is 0 Å². The van der Waals surface area contributed by atoms with Gasteiger partial charge in [-0.05, 0) is 66.1 Å². The molecule has 6 heteroatoms. The van der Waals surface area contributed by atoms with Gasteiger partial charge in [-0.2, -0.15) is 0 Å². The lowest BCUT2D eigenvalue weighted by atomic mass is 10.1. The van der Waals surface area contributed by atoms with Gasteiger partial charge in [0.1, 0.15) is 5.75 Å². The fourth-order valence-corrected chi connectivity index (χ4v) is 3.76. The van der Waals surface area contributed by atoms with E-state index < -0.39 is 6.10 Å². The van der Waals surface area contributed by atoms with E-state index in [2.05, 4.69) is 10.6 Å². The Hall–Kier alpha value is -4.09. The zero-order valence-electron chi connectivity index (χ0n) is 19.2. The Labute approximate surface area is 209 Å². The van der Waals surface area contributed by atoms with Crippen LogP contribution in [0.3, 0.4) is 0 Å². The van der Waals surface area contributed by atoms with Crippen molar-refractivity contribution in [1.82, 2.24) is 0 Å². The van der Waals surface area contributed by atoms with Gasteiger partial charge in [-0.15, -0.1) is 0 Å². The Morgan fingerprint density at radius 1 is 0.771 bits per heavy atom. The number of halogens is 1. The van der Waals surface area contributed by atoms with Crippen LogP contribution in [0.1, 0.15) is 23.7 Å². The predicted octanol–water partition coefficient (Wildman–Crippen LogP) is 7.06. The maximum absolute atomic E-state index is 12.9. The monoisotopic (exact) mass is 484 g/mol. The van der Waals surface area contributed by atoms with E-state index >= 15 is 0 Å². The van der Waals surface area contributed by atoms with Gasteiger partial charge in [0, 0.05) is 22.0 Å². The van der Waals surface area contributed by atoms with Gasteiger partial charge in [0.15, 0.2) is 6.10 Å². The van der Waals surface area contributed by atoms with Crippen molar-refractivity contribution < 1.29 is 14.3 Å². The molecule has 1 atom stereocenters. The minimum absolute atomic E-state index is 0.285. The first kappa shape index (κ1) is 24.0. The van der Waals surface area contributed by atoms with Crippen molar-refractivity contribution >= 4 is 34.8 Å². The Morgan fingerprint density at radius 3 is 2.11 bits per heavy atom. The minimum atomic E-state index is -0.679. The number of hydrogen-bond acceptors (Lipinski definition) is 3. The highest BCUT2D eigenvalue weighted by atomic mass is 35.5. The number of carbonyl (C=O) groups is 2. The van der Waals surface area contributed by atoms with Gasteiger partial charge < -0.3 is 15.4 Å². The van der Waals surface area contributed by atoms with Crippen molar-refractivity contribution in [1.29, 1.82) is 0 Å². The molecule has 2 amide bonds. The fraction of sp³-hybridized carbons (Fsp3) is 0.103. The standard InChI is InChI=1S/C29H25ClN2O3/c1-2-27(35-26-16-14-21(15-17-26)20-8-4-3-5-9-20)29(34)32-24-12-6-10-22(18-24)28(33)31-25-13-7-11-23(30)19-25/h3-19,27H,2H2,1H3,(H,31,33)(H,32,34). The van der Waals surface area contributed by atoms with Gasteiger partial charge in [-0.3, -0.25) is 9.59 Å². The number of amides is 2. The van der Waals surface area contributed by atoms with Crippen molar-refractivity contribution in [3.05, 3.63) is 114 Å². The second-order valence-corrected chi connectivity index (χ2v) is 8.38. The van der Waals surface area contributed by atoms with E-state index in [0.29, 0.717) is 34.1 Å². The van der Waals surface area contributed by atoms with Crippen molar-refractivity contribution in [2.24, 2.45) is 0 Å². The Morgan fingerprint density at radius 2 is 1.43 bits per heavy atom. The predicted molar refractivity (Wildman–Crippen MR) is 141 cm³/mol. The molecule has 4 aromatic carbocycles. The van der Waals surface area contributed by atoms with Gasteiger partial charge in [-0.1, -0.05) is 73.1 Å². The van der Waals surface area contributed by atoms with Crippen molar-refractivity contribution in [2.45, 2.75) is 19.4 Å².